The lowest BCUT2D eigenvalue weighted by Gasteiger charge is -2.22. The van der Waals surface area contributed by atoms with E-state index >= 15 is 0 Å². The average Bonchev–Trinajstić information content (AvgIpc) is 2.59. The molecular formula is C13H22N4O3. The van der Waals surface area contributed by atoms with Crippen LogP contribution in [0.25, 0.3) is 0 Å². The van der Waals surface area contributed by atoms with Crippen molar-refractivity contribution in [2.45, 2.75) is 33.2 Å². The molecule has 1 aromatic rings. The molecule has 112 valence electrons. The molecule has 0 saturated carbocycles. The lowest BCUT2D eigenvalue weighted by molar-refractivity contribution is -0.124. The van der Waals surface area contributed by atoms with Crippen LogP contribution in [0.4, 0.5) is 5.88 Å². The van der Waals surface area contributed by atoms with Crippen molar-refractivity contribution in [3.05, 3.63) is 11.8 Å². The molecule has 7 heteroatoms. The first-order valence-electron chi connectivity index (χ1n) is 6.38. The van der Waals surface area contributed by atoms with Gasteiger partial charge in [0.05, 0.1) is 18.8 Å². The van der Waals surface area contributed by atoms with Crippen LogP contribution in [0.1, 0.15) is 26.5 Å². The van der Waals surface area contributed by atoms with Crippen LogP contribution in [0.5, 0.6) is 0 Å². The van der Waals surface area contributed by atoms with Crippen molar-refractivity contribution in [1.29, 1.82) is 0 Å². The van der Waals surface area contributed by atoms with E-state index in [2.05, 4.69) is 15.8 Å². The molecule has 1 rings (SSSR count). The molecule has 0 saturated heterocycles. The summed E-state index contributed by atoms with van der Waals surface area (Å²) in [4.78, 5) is 25.1. The van der Waals surface area contributed by atoms with Gasteiger partial charge in [-0.05, 0) is 34.7 Å². The van der Waals surface area contributed by atoms with Gasteiger partial charge in [0, 0.05) is 11.6 Å². The standard InChI is InChI=1S/C13H22N4O3/c1-9-6-12(20-16-9)14-10(18)7-17(5)8-11(19)15-13(2,3)4/h6H,7-8H2,1-5H3,(H,14,18)(H,15,19). The van der Waals surface area contributed by atoms with Crippen LogP contribution in [0.2, 0.25) is 0 Å². The number of nitrogens with one attached hydrogen (secondary N) is 2. The molecule has 0 radical (unpaired) electrons. The first-order chi connectivity index (χ1) is 9.15. The Bertz CT molecular complexity index is 476. The molecule has 7 nitrogen and oxygen atoms in total. The summed E-state index contributed by atoms with van der Waals surface area (Å²) in [6.45, 7) is 7.73. The van der Waals surface area contributed by atoms with Crippen LogP contribution >= 0.6 is 0 Å². The van der Waals surface area contributed by atoms with Gasteiger partial charge in [0.25, 0.3) is 0 Å². The summed E-state index contributed by atoms with van der Waals surface area (Å²) in [6, 6.07) is 1.63. The minimum absolute atomic E-state index is 0.0946. The van der Waals surface area contributed by atoms with E-state index in [-0.39, 0.29) is 30.4 Å². The van der Waals surface area contributed by atoms with Crippen LogP contribution in [0, 0.1) is 6.92 Å². The van der Waals surface area contributed by atoms with E-state index in [9.17, 15) is 9.59 Å². The number of hydrogen-bond donors (Lipinski definition) is 2. The summed E-state index contributed by atoms with van der Waals surface area (Å²) in [6.07, 6.45) is 0. The van der Waals surface area contributed by atoms with Crippen LogP contribution < -0.4 is 10.6 Å². The summed E-state index contributed by atoms with van der Waals surface area (Å²) in [5, 5.41) is 9.08. The summed E-state index contributed by atoms with van der Waals surface area (Å²) in [7, 11) is 1.70. The van der Waals surface area contributed by atoms with Gasteiger partial charge >= 0.3 is 0 Å². The van der Waals surface area contributed by atoms with E-state index in [4.69, 9.17) is 4.52 Å². The zero-order valence-corrected chi connectivity index (χ0v) is 12.6. The maximum absolute atomic E-state index is 11.7. The van der Waals surface area contributed by atoms with E-state index in [1.807, 2.05) is 20.8 Å². The number of hydrogen-bond acceptors (Lipinski definition) is 5. The van der Waals surface area contributed by atoms with Crippen LogP contribution in [0.15, 0.2) is 10.6 Å². The first kappa shape index (κ1) is 16.2. The van der Waals surface area contributed by atoms with Crippen LogP contribution in [0.3, 0.4) is 0 Å². The number of amides is 2. The molecule has 0 aromatic carbocycles. The molecule has 2 amide bonds. The molecule has 0 spiro atoms. The second-order valence-corrected chi connectivity index (χ2v) is 5.85. The first-order valence-corrected chi connectivity index (χ1v) is 6.38. The summed E-state index contributed by atoms with van der Waals surface area (Å²) >= 11 is 0. The molecule has 0 fully saturated rings. The molecule has 0 atom stereocenters. The minimum atomic E-state index is -0.280. The van der Waals surface area contributed by atoms with Gasteiger partial charge in [-0.25, -0.2) is 0 Å². The van der Waals surface area contributed by atoms with Gasteiger partial charge in [-0.15, -0.1) is 0 Å². The van der Waals surface area contributed by atoms with Crippen molar-refractivity contribution < 1.29 is 14.1 Å². The van der Waals surface area contributed by atoms with Gasteiger partial charge in [-0.2, -0.15) is 0 Å². The van der Waals surface area contributed by atoms with Crippen molar-refractivity contribution in [1.82, 2.24) is 15.4 Å². The SMILES string of the molecule is Cc1cc(NC(=O)CN(C)CC(=O)NC(C)(C)C)on1. The van der Waals surface area contributed by atoms with Gasteiger partial charge < -0.3 is 9.84 Å². The lowest BCUT2D eigenvalue weighted by atomic mass is 10.1. The fourth-order valence-corrected chi connectivity index (χ4v) is 1.60. The Morgan fingerprint density at radius 3 is 2.40 bits per heavy atom. The maximum Gasteiger partial charge on any atom is 0.240 e. The van der Waals surface area contributed by atoms with Gasteiger partial charge in [0.2, 0.25) is 17.7 Å². The third kappa shape index (κ3) is 6.33. The fourth-order valence-electron chi connectivity index (χ4n) is 1.60. The van der Waals surface area contributed by atoms with Crippen LogP contribution in [-0.2, 0) is 9.59 Å². The Kier molecular flexibility index (Phi) is 5.26. The summed E-state index contributed by atoms with van der Waals surface area (Å²) < 4.78 is 4.88. The van der Waals surface area contributed by atoms with E-state index in [1.54, 1.807) is 24.9 Å². The maximum atomic E-state index is 11.7. The molecule has 20 heavy (non-hydrogen) atoms. The number of aryl methyl sites for hydroxylation is 1. The Morgan fingerprint density at radius 1 is 1.30 bits per heavy atom. The topological polar surface area (TPSA) is 87.5 Å². The van der Waals surface area contributed by atoms with E-state index in [0.717, 1.165) is 0 Å². The number of aromatic nitrogens is 1. The van der Waals surface area contributed by atoms with Gasteiger partial charge in [-0.3, -0.25) is 19.8 Å². The Labute approximate surface area is 118 Å². The van der Waals surface area contributed by atoms with E-state index in [1.165, 1.54) is 0 Å². The fraction of sp³-hybridized carbons (Fsp3) is 0.615. The molecule has 0 aliphatic carbocycles. The summed E-state index contributed by atoms with van der Waals surface area (Å²) in [5.74, 6) is -0.0736. The highest BCUT2D eigenvalue weighted by atomic mass is 16.5. The van der Waals surface area contributed by atoms with Crippen molar-refractivity contribution in [3.63, 3.8) is 0 Å². The number of carbonyl (C=O) groups is 2. The van der Waals surface area contributed by atoms with Gasteiger partial charge in [0.15, 0.2) is 0 Å². The van der Waals surface area contributed by atoms with Gasteiger partial charge in [0.1, 0.15) is 0 Å². The molecule has 2 N–H and O–H groups in total. The Hall–Kier alpha value is -1.89. The molecule has 0 aliphatic heterocycles. The average molecular weight is 282 g/mol. The highest BCUT2D eigenvalue weighted by Crippen LogP contribution is 2.07. The second-order valence-electron chi connectivity index (χ2n) is 5.85. The monoisotopic (exact) mass is 282 g/mol. The largest absolute Gasteiger partial charge is 0.350 e. The van der Waals surface area contributed by atoms with E-state index in [0.29, 0.717) is 11.6 Å². The molecule has 0 bridgehead atoms. The predicted octanol–water partition coefficient (Wildman–Crippen LogP) is 0.768. The Balaban J connectivity index is 2.36. The quantitative estimate of drug-likeness (QED) is 0.833. The van der Waals surface area contributed by atoms with Crippen LogP contribution in [-0.4, -0.2) is 47.5 Å². The zero-order chi connectivity index (χ0) is 15.3. The molecule has 1 aromatic heterocycles. The predicted molar refractivity (Wildman–Crippen MR) is 75.3 cm³/mol. The number of rotatable bonds is 5. The lowest BCUT2D eigenvalue weighted by Crippen LogP contribution is -2.46. The number of likely N-dealkylation sites (N-methyl/N-ethyl adjacent to an activating group) is 1. The molecule has 1 heterocycles. The number of anilines is 1. The zero-order valence-electron chi connectivity index (χ0n) is 12.6. The number of carbonyl (C=O) groups excluding carboxylic acids is 2. The minimum Gasteiger partial charge on any atom is -0.350 e. The van der Waals surface area contributed by atoms with Crippen molar-refractivity contribution in [2.75, 3.05) is 25.5 Å². The normalized spacial score (nSPS) is 11.5. The van der Waals surface area contributed by atoms with Gasteiger partial charge in [-0.1, -0.05) is 5.16 Å². The molecule has 0 unspecified atom stereocenters. The van der Waals surface area contributed by atoms with Crippen molar-refractivity contribution in [3.8, 4) is 0 Å². The van der Waals surface area contributed by atoms with Crippen molar-refractivity contribution in [2.24, 2.45) is 0 Å². The summed E-state index contributed by atoms with van der Waals surface area (Å²) in [5.41, 5.74) is 0.413. The highest BCUT2D eigenvalue weighted by molar-refractivity contribution is 5.91. The molecule has 0 aliphatic rings. The van der Waals surface area contributed by atoms with E-state index < -0.39 is 0 Å². The highest BCUT2D eigenvalue weighted by Gasteiger charge is 2.16. The third-order valence-corrected chi connectivity index (χ3v) is 2.23. The smallest absolute Gasteiger partial charge is 0.240 e. The third-order valence-electron chi connectivity index (χ3n) is 2.23. The molecular weight excluding hydrogens is 260 g/mol. The Morgan fingerprint density at radius 2 is 1.90 bits per heavy atom. The number of nitrogens with zero attached hydrogens (tertiary/aromatic N) is 2. The second kappa shape index (κ2) is 6.51. The van der Waals surface area contributed by atoms with Crippen molar-refractivity contribution >= 4 is 17.7 Å².